The first-order chi connectivity index (χ1) is 14.4. The maximum absolute atomic E-state index is 14.1. The Morgan fingerprint density at radius 1 is 1.17 bits per heavy atom. The Bertz CT molecular complexity index is 1050. The van der Waals surface area contributed by atoms with E-state index in [1.807, 2.05) is 4.68 Å². The SMILES string of the molecule is CCOc1ccc(S(=O)(=O)N2CCN(C(=O)c3cnn4c3CCCC4)CC2)cc1F. The lowest BCUT2D eigenvalue weighted by Gasteiger charge is -2.34. The number of sulfonamides is 1. The predicted octanol–water partition coefficient (Wildman–Crippen LogP) is 1.90. The van der Waals surface area contributed by atoms with Gasteiger partial charge in [-0.1, -0.05) is 0 Å². The number of benzene rings is 1. The third-order valence-corrected chi connectivity index (χ3v) is 7.47. The Kier molecular flexibility index (Phi) is 5.79. The maximum atomic E-state index is 14.1. The number of aromatic nitrogens is 2. The van der Waals surface area contributed by atoms with Crippen LogP contribution in [0, 0.1) is 5.82 Å². The van der Waals surface area contributed by atoms with Crippen molar-refractivity contribution in [2.75, 3.05) is 32.8 Å². The molecule has 2 aliphatic rings. The summed E-state index contributed by atoms with van der Waals surface area (Å²) < 4.78 is 48.3. The lowest BCUT2D eigenvalue weighted by atomic mass is 10.1. The average Bonchev–Trinajstić information content (AvgIpc) is 3.19. The second-order valence-corrected chi connectivity index (χ2v) is 9.34. The van der Waals surface area contributed by atoms with Crippen LogP contribution in [0.1, 0.15) is 35.8 Å². The van der Waals surface area contributed by atoms with Crippen LogP contribution in [0.15, 0.2) is 29.3 Å². The summed E-state index contributed by atoms with van der Waals surface area (Å²) in [6.07, 6.45) is 4.55. The van der Waals surface area contributed by atoms with E-state index in [1.54, 1.807) is 18.0 Å². The number of rotatable bonds is 5. The Morgan fingerprint density at radius 2 is 1.93 bits per heavy atom. The van der Waals surface area contributed by atoms with E-state index in [1.165, 1.54) is 16.4 Å². The minimum atomic E-state index is -3.85. The summed E-state index contributed by atoms with van der Waals surface area (Å²) >= 11 is 0. The molecular weight excluding hydrogens is 411 g/mol. The predicted molar refractivity (Wildman–Crippen MR) is 107 cm³/mol. The molecule has 162 valence electrons. The van der Waals surface area contributed by atoms with E-state index in [4.69, 9.17) is 4.74 Å². The van der Waals surface area contributed by atoms with Gasteiger partial charge in [-0.05, 0) is 44.4 Å². The normalized spacial score (nSPS) is 17.6. The standard InChI is InChI=1S/C20H25FN4O4S/c1-2-29-19-7-6-15(13-17(19)21)30(27,28)24-11-9-23(10-12-24)20(26)16-14-22-25-8-4-3-5-18(16)25/h6-7,13-14H,2-5,8-12H2,1H3. The van der Waals surface area contributed by atoms with E-state index in [2.05, 4.69) is 5.10 Å². The van der Waals surface area contributed by atoms with Crippen molar-refractivity contribution >= 4 is 15.9 Å². The topological polar surface area (TPSA) is 84.7 Å². The van der Waals surface area contributed by atoms with Crippen molar-refractivity contribution in [3.05, 3.63) is 41.5 Å². The molecule has 30 heavy (non-hydrogen) atoms. The molecule has 0 atom stereocenters. The molecule has 1 fully saturated rings. The smallest absolute Gasteiger partial charge is 0.257 e. The summed E-state index contributed by atoms with van der Waals surface area (Å²) in [6.45, 7) is 3.72. The van der Waals surface area contributed by atoms with Gasteiger partial charge >= 0.3 is 0 Å². The van der Waals surface area contributed by atoms with Gasteiger partial charge in [0, 0.05) is 32.7 Å². The fourth-order valence-electron chi connectivity index (χ4n) is 3.97. The van der Waals surface area contributed by atoms with Crippen molar-refractivity contribution < 1.29 is 22.3 Å². The van der Waals surface area contributed by atoms with Crippen molar-refractivity contribution in [1.82, 2.24) is 19.0 Å². The zero-order valence-electron chi connectivity index (χ0n) is 16.9. The minimum Gasteiger partial charge on any atom is -0.491 e. The Labute approximate surface area is 175 Å². The van der Waals surface area contributed by atoms with Gasteiger partial charge in [0.1, 0.15) is 0 Å². The van der Waals surface area contributed by atoms with E-state index in [0.29, 0.717) is 12.2 Å². The van der Waals surface area contributed by atoms with Crippen LogP contribution in [-0.4, -0.2) is 66.1 Å². The number of hydrogen-bond acceptors (Lipinski definition) is 5. The van der Waals surface area contributed by atoms with Crippen LogP contribution in [0.5, 0.6) is 5.75 Å². The number of fused-ring (bicyclic) bond motifs is 1. The van der Waals surface area contributed by atoms with Gasteiger partial charge in [0.05, 0.1) is 29.0 Å². The van der Waals surface area contributed by atoms with Gasteiger partial charge in [-0.3, -0.25) is 9.48 Å². The van der Waals surface area contributed by atoms with Crippen molar-refractivity contribution in [1.29, 1.82) is 0 Å². The van der Waals surface area contributed by atoms with Gasteiger partial charge in [-0.15, -0.1) is 0 Å². The van der Waals surface area contributed by atoms with E-state index in [-0.39, 0.29) is 42.7 Å². The molecule has 3 heterocycles. The largest absolute Gasteiger partial charge is 0.491 e. The Balaban J connectivity index is 1.44. The molecule has 0 saturated carbocycles. The number of carbonyl (C=O) groups excluding carboxylic acids is 1. The second kappa shape index (κ2) is 8.35. The third-order valence-electron chi connectivity index (χ3n) is 5.58. The lowest BCUT2D eigenvalue weighted by molar-refractivity contribution is 0.0696. The Hall–Kier alpha value is -2.46. The first kappa shape index (κ1) is 20.8. The summed E-state index contributed by atoms with van der Waals surface area (Å²) in [7, 11) is -3.85. The molecule has 1 amide bonds. The number of nitrogens with zero attached hydrogens (tertiary/aromatic N) is 4. The quantitative estimate of drug-likeness (QED) is 0.715. The molecule has 1 aromatic heterocycles. The van der Waals surface area contributed by atoms with E-state index >= 15 is 0 Å². The van der Waals surface area contributed by atoms with Gasteiger partial charge in [-0.25, -0.2) is 12.8 Å². The summed E-state index contributed by atoms with van der Waals surface area (Å²) in [6, 6.07) is 3.66. The van der Waals surface area contributed by atoms with E-state index in [0.717, 1.165) is 37.6 Å². The highest BCUT2D eigenvalue weighted by Crippen LogP contribution is 2.25. The molecule has 0 bridgehead atoms. The number of halogens is 1. The molecule has 0 spiro atoms. The highest BCUT2D eigenvalue weighted by molar-refractivity contribution is 7.89. The van der Waals surface area contributed by atoms with Crippen molar-refractivity contribution in [2.24, 2.45) is 0 Å². The van der Waals surface area contributed by atoms with Crippen LogP contribution in [0.25, 0.3) is 0 Å². The first-order valence-corrected chi connectivity index (χ1v) is 11.6. The molecule has 0 aliphatic carbocycles. The minimum absolute atomic E-state index is 0.0244. The number of carbonyl (C=O) groups is 1. The molecule has 2 aromatic rings. The number of aryl methyl sites for hydroxylation is 1. The number of hydrogen-bond donors (Lipinski definition) is 0. The fourth-order valence-corrected chi connectivity index (χ4v) is 5.40. The van der Waals surface area contributed by atoms with E-state index < -0.39 is 15.8 Å². The monoisotopic (exact) mass is 436 g/mol. The Morgan fingerprint density at radius 3 is 2.63 bits per heavy atom. The molecule has 1 saturated heterocycles. The zero-order valence-corrected chi connectivity index (χ0v) is 17.7. The first-order valence-electron chi connectivity index (χ1n) is 10.2. The number of amides is 1. The molecule has 1 aromatic carbocycles. The average molecular weight is 437 g/mol. The summed E-state index contributed by atoms with van der Waals surface area (Å²) in [5.74, 6) is -0.795. The maximum Gasteiger partial charge on any atom is 0.257 e. The van der Waals surface area contributed by atoms with Crippen LogP contribution in [0.4, 0.5) is 4.39 Å². The fraction of sp³-hybridized carbons (Fsp3) is 0.500. The summed E-state index contributed by atoms with van der Waals surface area (Å²) in [5, 5.41) is 4.31. The number of piperazine rings is 1. The van der Waals surface area contributed by atoms with E-state index in [9.17, 15) is 17.6 Å². The molecule has 4 rings (SSSR count). The van der Waals surface area contributed by atoms with Gasteiger partial charge in [0.25, 0.3) is 5.91 Å². The van der Waals surface area contributed by atoms with Crippen LogP contribution < -0.4 is 4.74 Å². The van der Waals surface area contributed by atoms with Gasteiger partial charge in [-0.2, -0.15) is 9.40 Å². The summed E-state index contributed by atoms with van der Waals surface area (Å²) in [4.78, 5) is 14.5. The molecule has 2 aliphatic heterocycles. The highest BCUT2D eigenvalue weighted by Gasteiger charge is 2.32. The van der Waals surface area contributed by atoms with Crippen molar-refractivity contribution in [3.8, 4) is 5.75 Å². The molecule has 0 N–H and O–H groups in total. The van der Waals surface area contributed by atoms with Crippen molar-refractivity contribution in [3.63, 3.8) is 0 Å². The third kappa shape index (κ3) is 3.81. The number of ether oxygens (including phenoxy) is 1. The van der Waals surface area contributed by atoms with Gasteiger partial charge < -0.3 is 9.64 Å². The van der Waals surface area contributed by atoms with Gasteiger partial charge in [0.15, 0.2) is 11.6 Å². The molecule has 0 unspecified atom stereocenters. The molecule has 10 heteroatoms. The molecule has 0 radical (unpaired) electrons. The lowest BCUT2D eigenvalue weighted by Crippen LogP contribution is -2.50. The van der Waals surface area contributed by atoms with Crippen LogP contribution in [0.3, 0.4) is 0 Å². The van der Waals surface area contributed by atoms with Crippen LogP contribution >= 0.6 is 0 Å². The summed E-state index contributed by atoms with van der Waals surface area (Å²) in [5.41, 5.74) is 1.57. The van der Waals surface area contributed by atoms with Crippen LogP contribution in [0.2, 0.25) is 0 Å². The highest BCUT2D eigenvalue weighted by atomic mass is 32.2. The zero-order chi connectivity index (χ0) is 21.3. The van der Waals surface area contributed by atoms with Crippen molar-refractivity contribution in [2.45, 2.75) is 37.6 Å². The van der Waals surface area contributed by atoms with Gasteiger partial charge in [0.2, 0.25) is 10.0 Å². The molecule has 8 nitrogen and oxygen atoms in total. The second-order valence-electron chi connectivity index (χ2n) is 7.41. The molecular formula is C20H25FN4O4S. The van der Waals surface area contributed by atoms with Crippen LogP contribution in [-0.2, 0) is 23.0 Å².